The lowest BCUT2D eigenvalue weighted by molar-refractivity contribution is -0.134. The van der Waals surface area contributed by atoms with E-state index in [1.165, 1.54) is 6.42 Å². The molecular weight excluding hydrogens is 286 g/mol. The lowest BCUT2D eigenvalue weighted by Crippen LogP contribution is -2.55. The van der Waals surface area contributed by atoms with E-state index in [9.17, 15) is 4.79 Å². The minimum Gasteiger partial charge on any atom is -0.367 e. The summed E-state index contributed by atoms with van der Waals surface area (Å²) in [5.74, 6) is 0.272. The number of anilines is 1. The Bertz CT molecular complexity index is 494. The van der Waals surface area contributed by atoms with E-state index in [2.05, 4.69) is 10.2 Å². The van der Waals surface area contributed by atoms with Crippen molar-refractivity contribution in [3.05, 3.63) is 29.3 Å². The molecule has 2 aliphatic heterocycles. The number of hydrogen-bond donors (Lipinski definition) is 1. The van der Waals surface area contributed by atoms with Gasteiger partial charge in [-0.15, -0.1) is 0 Å². The number of nitrogens with zero attached hydrogens (tertiary/aromatic N) is 2. The summed E-state index contributed by atoms with van der Waals surface area (Å²) >= 11 is 6.25. The highest BCUT2D eigenvalue weighted by atomic mass is 35.5. The third-order valence-electron chi connectivity index (χ3n) is 4.39. The van der Waals surface area contributed by atoms with Gasteiger partial charge in [-0.3, -0.25) is 4.79 Å². The van der Waals surface area contributed by atoms with Crippen LogP contribution < -0.4 is 10.2 Å². The van der Waals surface area contributed by atoms with E-state index >= 15 is 0 Å². The van der Waals surface area contributed by atoms with Gasteiger partial charge < -0.3 is 15.1 Å². The monoisotopic (exact) mass is 307 g/mol. The van der Waals surface area contributed by atoms with Crippen molar-refractivity contribution in [2.75, 3.05) is 37.6 Å². The zero-order valence-corrected chi connectivity index (χ0v) is 13.0. The van der Waals surface area contributed by atoms with Crippen molar-refractivity contribution >= 4 is 23.2 Å². The molecule has 2 heterocycles. The highest BCUT2D eigenvalue weighted by Gasteiger charge is 2.28. The van der Waals surface area contributed by atoms with Gasteiger partial charge in [0, 0.05) is 26.2 Å². The summed E-state index contributed by atoms with van der Waals surface area (Å²) in [4.78, 5) is 16.7. The summed E-state index contributed by atoms with van der Waals surface area (Å²) in [6, 6.07) is 7.94. The van der Waals surface area contributed by atoms with Crippen molar-refractivity contribution in [3.63, 3.8) is 0 Å². The van der Waals surface area contributed by atoms with Crippen molar-refractivity contribution in [1.29, 1.82) is 0 Å². The Kier molecular flexibility index (Phi) is 4.66. The molecule has 0 aliphatic carbocycles. The molecule has 0 bridgehead atoms. The van der Waals surface area contributed by atoms with Gasteiger partial charge in [-0.1, -0.05) is 30.2 Å². The van der Waals surface area contributed by atoms with Crippen LogP contribution in [0.3, 0.4) is 0 Å². The van der Waals surface area contributed by atoms with Crippen LogP contribution in [0, 0.1) is 0 Å². The first-order chi connectivity index (χ1) is 10.3. The molecule has 0 spiro atoms. The van der Waals surface area contributed by atoms with Crippen molar-refractivity contribution in [3.8, 4) is 0 Å². The van der Waals surface area contributed by atoms with E-state index in [1.54, 1.807) is 0 Å². The van der Waals surface area contributed by atoms with Gasteiger partial charge in [-0.2, -0.15) is 0 Å². The van der Waals surface area contributed by atoms with Gasteiger partial charge in [0.15, 0.2) is 0 Å². The van der Waals surface area contributed by atoms with Gasteiger partial charge >= 0.3 is 0 Å². The standard InChI is InChI=1S/C16H22ClN3O/c17-13-5-1-2-7-15(13)19-9-11-20(12-10-19)16(21)14-6-3-4-8-18-14/h1-2,5,7,14,18H,3-4,6,8-12H2. The second-order valence-electron chi connectivity index (χ2n) is 5.77. The molecule has 4 nitrogen and oxygen atoms in total. The quantitative estimate of drug-likeness (QED) is 0.909. The van der Waals surface area contributed by atoms with Gasteiger partial charge in [-0.05, 0) is 31.5 Å². The molecular formula is C16H22ClN3O. The number of para-hydroxylation sites is 1. The molecule has 1 unspecified atom stereocenters. The number of piperazine rings is 1. The number of amides is 1. The molecule has 2 saturated heterocycles. The van der Waals surface area contributed by atoms with Crippen LogP contribution in [0.4, 0.5) is 5.69 Å². The van der Waals surface area contributed by atoms with E-state index in [0.717, 1.165) is 56.3 Å². The number of hydrogen-bond acceptors (Lipinski definition) is 3. The summed E-state index contributed by atoms with van der Waals surface area (Å²) < 4.78 is 0. The predicted octanol–water partition coefficient (Wildman–Crippen LogP) is 2.13. The first-order valence-electron chi connectivity index (χ1n) is 7.77. The fourth-order valence-corrected chi connectivity index (χ4v) is 3.41. The largest absolute Gasteiger partial charge is 0.367 e. The molecule has 1 aromatic carbocycles. The number of carbonyl (C=O) groups excluding carboxylic acids is 1. The van der Waals surface area contributed by atoms with Crippen LogP contribution >= 0.6 is 11.6 Å². The average Bonchev–Trinajstić information content (AvgIpc) is 2.56. The molecule has 2 aliphatic rings. The van der Waals surface area contributed by atoms with Gasteiger partial charge in [0.2, 0.25) is 5.91 Å². The molecule has 1 atom stereocenters. The summed E-state index contributed by atoms with van der Waals surface area (Å²) in [6.07, 6.45) is 3.32. The van der Waals surface area contributed by atoms with E-state index in [1.807, 2.05) is 29.2 Å². The van der Waals surface area contributed by atoms with E-state index in [-0.39, 0.29) is 11.9 Å². The maximum atomic E-state index is 12.5. The number of nitrogens with one attached hydrogen (secondary N) is 1. The number of piperidine rings is 1. The van der Waals surface area contributed by atoms with Crippen molar-refractivity contribution in [1.82, 2.24) is 10.2 Å². The van der Waals surface area contributed by atoms with E-state index < -0.39 is 0 Å². The number of rotatable bonds is 2. The molecule has 3 rings (SSSR count). The number of carbonyl (C=O) groups is 1. The number of halogens is 1. The first kappa shape index (κ1) is 14.7. The minimum absolute atomic E-state index is 0.0330. The van der Waals surface area contributed by atoms with E-state index in [4.69, 9.17) is 11.6 Å². The predicted molar refractivity (Wildman–Crippen MR) is 85.9 cm³/mol. The van der Waals surface area contributed by atoms with Crippen molar-refractivity contribution in [2.24, 2.45) is 0 Å². The highest BCUT2D eigenvalue weighted by Crippen LogP contribution is 2.26. The SMILES string of the molecule is O=C(C1CCCCN1)N1CCN(c2ccccc2Cl)CC1. The van der Waals surface area contributed by atoms with Crippen molar-refractivity contribution in [2.45, 2.75) is 25.3 Å². The topological polar surface area (TPSA) is 35.6 Å². The van der Waals surface area contributed by atoms with Crippen LogP contribution in [-0.4, -0.2) is 49.6 Å². The Morgan fingerprint density at radius 1 is 1.14 bits per heavy atom. The average molecular weight is 308 g/mol. The second kappa shape index (κ2) is 6.67. The summed E-state index contributed by atoms with van der Waals surface area (Å²) in [6.45, 7) is 4.23. The minimum atomic E-state index is 0.0330. The molecule has 0 radical (unpaired) electrons. The molecule has 114 valence electrons. The number of benzene rings is 1. The maximum absolute atomic E-state index is 12.5. The van der Waals surface area contributed by atoms with Crippen LogP contribution in [0.5, 0.6) is 0 Å². The fraction of sp³-hybridized carbons (Fsp3) is 0.562. The van der Waals surface area contributed by atoms with Gasteiger partial charge in [0.1, 0.15) is 0 Å². The van der Waals surface area contributed by atoms with E-state index in [0.29, 0.717) is 0 Å². The molecule has 1 N–H and O–H groups in total. The molecule has 5 heteroatoms. The van der Waals surface area contributed by atoms with Crippen LogP contribution in [0.25, 0.3) is 0 Å². The summed E-state index contributed by atoms with van der Waals surface area (Å²) in [7, 11) is 0. The van der Waals surface area contributed by atoms with Crippen LogP contribution in [0.1, 0.15) is 19.3 Å². The zero-order chi connectivity index (χ0) is 14.7. The molecule has 1 amide bonds. The zero-order valence-electron chi connectivity index (χ0n) is 12.2. The van der Waals surface area contributed by atoms with Crippen LogP contribution in [-0.2, 0) is 4.79 Å². The van der Waals surface area contributed by atoms with Gasteiger partial charge in [0.25, 0.3) is 0 Å². The van der Waals surface area contributed by atoms with Crippen LogP contribution in [0.15, 0.2) is 24.3 Å². The summed E-state index contributed by atoms with van der Waals surface area (Å²) in [5, 5.41) is 4.13. The van der Waals surface area contributed by atoms with Crippen LogP contribution in [0.2, 0.25) is 5.02 Å². The second-order valence-corrected chi connectivity index (χ2v) is 6.17. The Morgan fingerprint density at radius 3 is 2.57 bits per heavy atom. The smallest absolute Gasteiger partial charge is 0.239 e. The van der Waals surface area contributed by atoms with Crippen molar-refractivity contribution < 1.29 is 4.79 Å². The third-order valence-corrected chi connectivity index (χ3v) is 4.71. The normalized spacial score (nSPS) is 23.2. The maximum Gasteiger partial charge on any atom is 0.239 e. The summed E-state index contributed by atoms with van der Waals surface area (Å²) in [5.41, 5.74) is 1.07. The lowest BCUT2D eigenvalue weighted by atomic mass is 10.0. The Hall–Kier alpha value is -1.26. The highest BCUT2D eigenvalue weighted by molar-refractivity contribution is 6.33. The Morgan fingerprint density at radius 2 is 1.90 bits per heavy atom. The molecule has 21 heavy (non-hydrogen) atoms. The fourth-order valence-electron chi connectivity index (χ4n) is 3.16. The first-order valence-corrected chi connectivity index (χ1v) is 8.15. The molecule has 1 aromatic rings. The molecule has 0 saturated carbocycles. The Labute approximate surface area is 131 Å². The Balaban J connectivity index is 1.57. The molecule has 2 fully saturated rings. The van der Waals surface area contributed by atoms with Gasteiger partial charge in [0.05, 0.1) is 16.8 Å². The third kappa shape index (κ3) is 3.33. The van der Waals surface area contributed by atoms with Gasteiger partial charge in [-0.25, -0.2) is 0 Å². The molecule has 0 aromatic heterocycles. The lowest BCUT2D eigenvalue weighted by Gasteiger charge is -2.38.